The molecule has 102 valence electrons. The van der Waals surface area contributed by atoms with Crippen LogP contribution in [0.2, 0.25) is 0 Å². The Hall–Kier alpha value is -1.68. The van der Waals surface area contributed by atoms with E-state index in [-0.39, 0.29) is 16.5 Å². The molecule has 3 N–H and O–H groups in total. The molecule has 0 aliphatic carbocycles. The predicted molar refractivity (Wildman–Crippen MR) is 65.2 cm³/mol. The number of fused-ring (bicyclic) bond motifs is 1. The molecule has 0 bridgehead atoms. The molecule has 0 unspecified atom stereocenters. The highest BCUT2D eigenvalue weighted by Gasteiger charge is 2.24. The molecule has 0 saturated heterocycles. The van der Waals surface area contributed by atoms with Gasteiger partial charge in [-0.1, -0.05) is 6.07 Å². The highest BCUT2D eigenvalue weighted by Crippen LogP contribution is 2.29. The quantitative estimate of drug-likeness (QED) is 0.707. The van der Waals surface area contributed by atoms with E-state index in [1.807, 2.05) is 0 Å². The number of phenols is 1. The van der Waals surface area contributed by atoms with Gasteiger partial charge in [-0.3, -0.25) is 9.11 Å². The summed E-state index contributed by atoms with van der Waals surface area (Å²) >= 11 is 0. The Morgan fingerprint density at radius 3 is 1.68 bits per heavy atom. The Kier molecular flexibility index (Phi) is 3.01. The number of hydrogen-bond donors (Lipinski definition) is 3. The summed E-state index contributed by atoms with van der Waals surface area (Å²) in [5, 5.41) is 9.74. The summed E-state index contributed by atoms with van der Waals surface area (Å²) < 4.78 is 62.6. The average Bonchev–Trinajstić information content (AvgIpc) is 2.24. The van der Waals surface area contributed by atoms with Gasteiger partial charge in [-0.2, -0.15) is 16.8 Å². The Balaban J connectivity index is 2.99. The first-order valence-electron chi connectivity index (χ1n) is 4.81. The minimum atomic E-state index is -4.84. The third-order valence-corrected chi connectivity index (χ3v) is 4.36. The summed E-state index contributed by atoms with van der Waals surface area (Å²) in [6.07, 6.45) is 0. The van der Waals surface area contributed by atoms with Crippen molar-refractivity contribution in [3.8, 4) is 5.75 Å². The van der Waals surface area contributed by atoms with Crippen LogP contribution in [0.5, 0.6) is 5.75 Å². The molecule has 0 spiro atoms. The summed E-state index contributed by atoms with van der Waals surface area (Å²) in [5.74, 6) is -0.159. The molecule has 0 aliphatic rings. The van der Waals surface area contributed by atoms with Gasteiger partial charge in [0.1, 0.15) is 15.5 Å². The monoisotopic (exact) mass is 304 g/mol. The summed E-state index contributed by atoms with van der Waals surface area (Å²) in [4.78, 5) is -1.87. The van der Waals surface area contributed by atoms with Crippen molar-refractivity contribution < 1.29 is 31.0 Å². The standard InChI is InChI=1S/C10H8O7S2/c11-8-2-1-6-4-9(18(12,13)14)10(19(15,16)17)5-7(6)3-8/h1-5,11H,(H,12,13,14)(H,15,16,17). The molecular formula is C10H8O7S2. The molecular weight excluding hydrogens is 296 g/mol. The second-order valence-electron chi connectivity index (χ2n) is 3.78. The molecule has 2 rings (SSSR count). The van der Waals surface area contributed by atoms with Crippen LogP contribution in [0.1, 0.15) is 0 Å². The highest BCUT2D eigenvalue weighted by atomic mass is 32.2. The predicted octanol–water partition coefficient (Wildman–Crippen LogP) is 1.04. The molecule has 0 aromatic heterocycles. The Morgan fingerprint density at radius 1 is 0.737 bits per heavy atom. The molecule has 2 aromatic rings. The van der Waals surface area contributed by atoms with Crippen molar-refractivity contribution in [3.63, 3.8) is 0 Å². The molecule has 0 fully saturated rings. The van der Waals surface area contributed by atoms with Gasteiger partial charge in [0.25, 0.3) is 20.2 Å². The van der Waals surface area contributed by atoms with Crippen molar-refractivity contribution in [1.82, 2.24) is 0 Å². The van der Waals surface area contributed by atoms with Gasteiger partial charge in [-0.15, -0.1) is 0 Å². The van der Waals surface area contributed by atoms with Crippen LogP contribution < -0.4 is 0 Å². The van der Waals surface area contributed by atoms with Crippen molar-refractivity contribution in [1.29, 1.82) is 0 Å². The Bertz CT molecular complexity index is 866. The zero-order chi connectivity index (χ0) is 14.4. The van der Waals surface area contributed by atoms with Gasteiger partial charge in [0.15, 0.2) is 0 Å². The molecule has 0 amide bonds. The lowest BCUT2D eigenvalue weighted by molar-refractivity contribution is 0.466. The van der Waals surface area contributed by atoms with Crippen molar-refractivity contribution in [2.75, 3.05) is 0 Å². The maximum atomic E-state index is 11.1. The third-order valence-electron chi connectivity index (χ3n) is 2.44. The molecule has 0 saturated carbocycles. The molecule has 0 aliphatic heterocycles. The normalized spacial score (nSPS) is 12.7. The fourth-order valence-electron chi connectivity index (χ4n) is 1.65. The van der Waals surface area contributed by atoms with Crippen LogP contribution in [-0.2, 0) is 20.2 Å². The van der Waals surface area contributed by atoms with Crippen LogP contribution in [0.15, 0.2) is 40.1 Å². The van der Waals surface area contributed by atoms with Gasteiger partial charge in [-0.25, -0.2) is 0 Å². The fraction of sp³-hybridized carbons (Fsp3) is 0. The van der Waals surface area contributed by atoms with Crippen LogP contribution in [-0.4, -0.2) is 31.0 Å². The summed E-state index contributed by atoms with van der Waals surface area (Å²) in [5.41, 5.74) is 0. The first-order valence-corrected chi connectivity index (χ1v) is 7.69. The average molecular weight is 304 g/mol. The van der Waals surface area contributed by atoms with Crippen molar-refractivity contribution in [3.05, 3.63) is 30.3 Å². The van der Waals surface area contributed by atoms with E-state index in [2.05, 4.69) is 0 Å². The van der Waals surface area contributed by atoms with Crippen molar-refractivity contribution in [2.24, 2.45) is 0 Å². The summed E-state index contributed by atoms with van der Waals surface area (Å²) in [7, 11) is -9.66. The lowest BCUT2D eigenvalue weighted by Gasteiger charge is -2.07. The maximum Gasteiger partial charge on any atom is 0.295 e. The number of phenolic OH excluding ortho intramolecular Hbond substituents is 1. The largest absolute Gasteiger partial charge is 0.508 e. The Morgan fingerprint density at radius 2 is 1.21 bits per heavy atom. The van der Waals surface area contributed by atoms with E-state index in [0.717, 1.165) is 12.1 Å². The number of rotatable bonds is 2. The van der Waals surface area contributed by atoms with E-state index < -0.39 is 30.0 Å². The van der Waals surface area contributed by atoms with Crippen molar-refractivity contribution >= 4 is 31.0 Å². The van der Waals surface area contributed by atoms with E-state index in [1.165, 1.54) is 18.2 Å². The first-order chi connectivity index (χ1) is 8.59. The van der Waals surface area contributed by atoms with Gasteiger partial charge in [0.05, 0.1) is 0 Å². The minimum absolute atomic E-state index is 0.159. The zero-order valence-electron chi connectivity index (χ0n) is 9.18. The number of aromatic hydroxyl groups is 1. The van der Waals surface area contributed by atoms with Crippen LogP contribution >= 0.6 is 0 Å². The fourth-order valence-corrected chi connectivity index (χ4v) is 3.46. The molecule has 2 aromatic carbocycles. The molecule has 7 nitrogen and oxygen atoms in total. The lowest BCUT2D eigenvalue weighted by Crippen LogP contribution is -2.08. The van der Waals surface area contributed by atoms with Crippen LogP contribution in [0, 0.1) is 0 Å². The van der Waals surface area contributed by atoms with E-state index in [9.17, 15) is 21.9 Å². The smallest absolute Gasteiger partial charge is 0.295 e. The van der Waals surface area contributed by atoms with E-state index in [4.69, 9.17) is 9.11 Å². The van der Waals surface area contributed by atoms with E-state index in [0.29, 0.717) is 0 Å². The van der Waals surface area contributed by atoms with Gasteiger partial charge in [-0.05, 0) is 35.0 Å². The Labute approximate surface area is 108 Å². The SMILES string of the molecule is O=S(=O)(O)c1cc2ccc(O)cc2cc1S(=O)(=O)O. The van der Waals surface area contributed by atoms with Crippen LogP contribution in [0.4, 0.5) is 0 Å². The van der Waals surface area contributed by atoms with Gasteiger partial charge >= 0.3 is 0 Å². The molecule has 0 radical (unpaired) electrons. The summed E-state index contributed by atoms with van der Waals surface area (Å²) in [6, 6.07) is 5.55. The van der Waals surface area contributed by atoms with Crippen molar-refractivity contribution in [2.45, 2.75) is 9.79 Å². The second kappa shape index (κ2) is 4.17. The van der Waals surface area contributed by atoms with Crippen LogP contribution in [0.25, 0.3) is 10.8 Å². The lowest BCUT2D eigenvalue weighted by atomic mass is 10.1. The highest BCUT2D eigenvalue weighted by molar-refractivity contribution is 7.89. The third kappa shape index (κ3) is 2.68. The topological polar surface area (TPSA) is 129 Å². The van der Waals surface area contributed by atoms with Gasteiger partial charge in [0, 0.05) is 0 Å². The zero-order valence-corrected chi connectivity index (χ0v) is 10.8. The minimum Gasteiger partial charge on any atom is -0.508 e. The van der Waals surface area contributed by atoms with Gasteiger partial charge in [0.2, 0.25) is 0 Å². The number of hydrogen-bond acceptors (Lipinski definition) is 5. The van der Waals surface area contributed by atoms with Crippen LogP contribution in [0.3, 0.4) is 0 Å². The molecule has 19 heavy (non-hydrogen) atoms. The molecule has 9 heteroatoms. The van der Waals surface area contributed by atoms with Gasteiger partial charge < -0.3 is 5.11 Å². The number of benzene rings is 2. The molecule has 0 heterocycles. The second-order valence-corrected chi connectivity index (χ2v) is 6.56. The van der Waals surface area contributed by atoms with E-state index in [1.54, 1.807) is 0 Å². The molecule has 0 atom stereocenters. The first kappa shape index (κ1) is 13.7. The summed E-state index contributed by atoms with van der Waals surface area (Å²) in [6.45, 7) is 0. The van der Waals surface area contributed by atoms with E-state index >= 15 is 0 Å². The maximum absolute atomic E-state index is 11.1.